The highest BCUT2D eigenvalue weighted by Gasteiger charge is 2.20. The van der Waals surface area contributed by atoms with Crippen LogP contribution < -0.4 is 15.5 Å². The molecule has 0 spiro atoms. The van der Waals surface area contributed by atoms with Gasteiger partial charge in [-0.15, -0.1) is 5.10 Å². The topological polar surface area (TPSA) is 84.1 Å². The Labute approximate surface area is 123 Å². The molecule has 2 aromatic heterocycles. The van der Waals surface area contributed by atoms with Gasteiger partial charge in [-0.05, 0) is 26.0 Å². The van der Waals surface area contributed by atoms with E-state index in [0.717, 1.165) is 43.3 Å². The summed E-state index contributed by atoms with van der Waals surface area (Å²) >= 11 is 0. The van der Waals surface area contributed by atoms with Crippen molar-refractivity contribution < 1.29 is 0 Å². The third-order valence-corrected chi connectivity index (χ3v) is 3.78. The third kappa shape index (κ3) is 2.86. The number of rotatable bonds is 2. The molecular formula is C14H19N7. The van der Waals surface area contributed by atoms with Crippen LogP contribution >= 0.6 is 0 Å². The predicted molar refractivity (Wildman–Crippen MR) is 82.4 cm³/mol. The minimum absolute atomic E-state index is 0.548. The first-order valence-electron chi connectivity index (χ1n) is 7.03. The Kier molecular flexibility index (Phi) is 3.55. The number of anilines is 3. The molecule has 3 heterocycles. The molecule has 7 nitrogen and oxygen atoms in total. The van der Waals surface area contributed by atoms with Crippen molar-refractivity contribution in [3.8, 4) is 0 Å². The molecule has 7 heteroatoms. The summed E-state index contributed by atoms with van der Waals surface area (Å²) < 4.78 is 0. The summed E-state index contributed by atoms with van der Waals surface area (Å²) in [6.07, 6.45) is 1.82. The number of aryl methyl sites for hydroxylation is 2. The van der Waals surface area contributed by atoms with Crippen LogP contribution in [0.3, 0.4) is 0 Å². The minimum atomic E-state index is 0.548. The Bertz CT molecular complexity index is 618. The van der Waals surface area contributed by atoms with Crippen molar-refractivity contribution in [3.63, 3.8) is 0 Å². The van der Waals surface area contributed by atoms with Crippen LogP contribution in [-0.4, -0.2) is 46.3 Å². The van der Waals surface area contributed by atoms with E-state index < -0.39 is 0 Å². The van der Waals surface area contributed by atoms with Crippen molar-refractivity contribution >= 4 is 17.5 Å². The van der Waals surface area contributed by atoms with Crippen LogP contribution in [0.2, 0.25) is 0 Å². The normalized spacial score (nSPS) is 15.3. The Morgan fingerprint density at radius 2 is 1.67 bits per heavy atom. The van der Waals surface area contributed by atoms with Gasteiger partial charge in [0.05, 0.1) is 23.3 Å². The number of hydrogen-bond acceptors (Lipinski definition) is 7. The molecule has 0 aromatic carbocycles. The van der Waals surface area contributed by atoms with Crippen LogP contribution in [0.5, 0.6) is 0 Å². The number of nitrogens with zero attached hydrogens (tertiary/aromatic N) is 6. The summed E-state index contributed by atoms with van der Waals surface area (Å²) in [5.41, 5.74) is 8.53. The first-order chi connectivity index (χ1) is 10.1. The van der Waals surface area contributed by atoms with Crippen molar-refractivity contribution in [1.29, 1.82) is 0 Å². The number of nitrogens with two attached hydrogens (primary N) is 1. The zero-order valence-corrected chi connectivity index (χ0v) is 12.3. The molecular weight excluding hydrogens is 266 g/mol. The molecule has 2 aromatic rings. The zero-order chi connectivity index (χ0) is 14.8. The summed E-state index contributed by atoms with van der Waals surface area (Å²) in [5.74, 6) is 1.26. The summed E-state index contributed by atoms with van der Waals surface area (Å²) in [6.45, 7) is 7.43. The number of hydrogen-bond donors (Lipinski definition) is 1. The Morgan fingerprint density at radius 3 is 2.29 bits per heavy atom. The number of pyridine rings is 1. The summed E-state index contributed by atoms with van der Waals surface area (Å²) in [7, 11) is 0. The predicted octanol–water partition coefficient (Wildman–Crippen LogP) is 0.792. The second-order valence-electron chi connectivity index (χ2n) is 5.20. The fourth-order valence-corrected chi connectivity index (χ4v) is 2.33. The number of aromatic nitrogens is 4. The van der Waals surface area contributed by atoms with Gasteiger partial charge < -0.3 is 15.5 Å². The lowest BCUT2D eigenvalue weighted by molar-refractivity contribution is 0.631. The molecule has 0 saturated carbocycles. The highest BCUT2D eigenvalue weighted by molar-refractivity contribution is 5.49. The molecule has 0 bridgehead atoms. The van der Waals surface area contributed by atoms with Gasteiger partial charge in [-0.3, -0.25) is 0 Å². The largest absolute Gasteiger partial charge is 0.384 e. The van der Waals surface area contributed by atoms with Crippen molar-refractivity contribution in [2.45, 2.75) is 13.8 Å². The van der Waals surface area contributed by atoms with Gasteiger partial charge in [0.1, 0.15) is 5.82 Å². The molecule has 21 heavy (non-hydrogen) atoms. The number of piperazine rings is 1. The quantitative estimate of drug-likeness (QED) is 0.873. The van der Waals surface area contributed by atoms with Gasteiger partial charge in [0, 0.05) is 26.2 Å². The monoisotopic (exact) mass is 285 g/mol. The van der Waals surface area contributed by atoms with E-state index in [1.807, 2.05) is 32.2 Å². The average molecular weight is 285 g/mol. The van der Waals surface area contributed by atoms with Gasteiger partial charge in [0.15, 0.2) is 0 Å². The van der Waals surface area contributed by atoms with Crippen LogP contribution in [0.25, 0.3) is 0 Å². The van der Waals surface area contributed by atoms with Crippen LogP contribution in [0.4, 0.5) is 17.5 Å². The van der Waals surface area contributed by atoms with Gasteiger partial charge >= 0.3 is 0 Å². The lowest BCUT2D eigenvalue weighted by Crippen LogP contribution is -2.47. The van der Waals surface area contributed by atoms with Crippen LogP contribution in [0.1, 0.15) is 11.4 Å². The van der Waals surface area contributed by atoms with Gasteiger partial charge in [0.25, 0.3) is 0 Å². The average Bonchev–Trinajstić information content (AvgIpc) is 2.51. The Balaban J connectivity index is 1.67. The van der Waals surface area contributed by atoms with Gasteiger partial charge in [-0.2, -0.15) is 5.10 Å². The van der Waals surface area contributed by atoms with Gasteiger partial charge in [0.2, 0.25) is 5.95 Å². The summed E-state index contributed by atoms with van der Waals surface area (Å²) in [4.78, 5) is 13.1. The van der Waals surface area contributed by atoms with E-state index >= 15 is 0 Å². The zero-order valence-electron chi connectivity index (χ0n) is 12.3. The minimum Gasteiger partial charge on any atom is -0.384 e. The Morgan fingerprint density at radius 1 is 0.952 bits per heavy atom. The van der Waals surface area contributed by atoms with E-state index in [1.54, 1.807) is 0 Å². The molecule has 0 atom stereocenters. The molecule has 0 amide bonds. The molecule has 0 unspecified atom stereocenters. The fraction of sp³-hybridized carbons (Fsp3) is 0.429. The standard InChI is InChI=1S/C14H19N7/c1-10-11(2)18-19-14(17-10)21-7-5-20(6-8-21)12-3-4-13(15)16-9-12/h3-4,9H,5-8H2,1-2H3,(H2,15,16). The van der Waals surface area contributed by atoms with Crippen LogP contribution in [0, 0.1) is 13.8 Å². The number of nitrogen functional groups attached to an aromatic ring is 1. The third-order valence-electron chi connectivity index (χ3n) is 3.78. The molecule has 1 fully saturated rings. The summed E-state index contributed by atoms with van der Waals surface area (Å²) in [5, 5.41) is 8.34. The molecule has 1 aliphatic rings. The van der Waals surface area contributed by atoms with E-state index in [4.69, 9.17) is 5.73 Å². The fourth-order valence-electron chi connectivity index (χ4n) is 2.33. The summed E-state index contributed by atoms with van der Waals surface area (Å²) in [6, 6.07) is 3.84. The first kappa shape index (κ1) is 13.5. The molecule has 2 N–H and O–H groups in total. The lowest BCUT2D eigenvalue weighted by atomic mass is 10.3. The molecule has 1 aliphatic heterocycles. The maximum Gasteiger partial charge on any atom is 0.245 e. The van der Waals surface area contributed by atoms with Gasteiger partial charge in [-0.1, -0.05) is 0 Å². The van der Waals surface area contributed by atoms with Crippen molar-refractivity contribution in [2.75, 3.05) is 41.7 Å². The highest BCUT2D eigenvalue weighted by atomic mass is 15.4. The van der Waals surface area contributed by atoms with E-state index in [2.05, 4.69) is 30.0 Å². The second kappa shape index (κ2) is 5.51. The maximum absolute atomic E-state index is 5.62. The first-order valence-corrected chi connectivity index (χ1v) is 7.03. The van der Waals surface area contributed by atoms with Gasteiger partial charge in [-0.25, -0.2) is 9.97 Å². The van der Waals surface area contributed by atoms with E-state index in [0.29, 0.717) is 11.8 Å². The van der Waals surface area contributed by atoms with Crippen molar-refractivity contribution in [2.24, 2.45) is 0 Å². The SMILES string of the molecule is Cc1nnc(N2CCN(c3ccc(N)nc3)CC2)nc1C. The molecule has 110 valence electrons. The molecule has 0 aliphatic carbocycles. The van der Waals surface area contributed by atoms with E-state index in [-0.39, 0.29) is 0 Å². The van der Waals surface area contributed by atoms with Crippen molar-refractivity contribution in [1.82, 2.24) is 20.2 Å². The second-order valence-corrected chi connectivity index (χ2v) is 5.20. The highest BCUT2D eigenvalue weighted by Crippen LogP contribution is 2.18. The Hall–Kier alpha value is -2.44. The molecule has 3 rings (SSSR count). The van der Waals surface area contributed by atoms with Crippen LogP contribution in [0.15, 0.2) is 18.3 Å². The molecule has 1 saturated heterocycles. The van der Waals surface area contributed by atoms with E-state index in [1.165, 1.54) is 0 Å². The lowest BCUT2D eigenvalue weighted by Gasteiger charge is -2.35. The maximum atomic E-state index is 5.62. The smallest absolute Gasteiger partial charge is 0.245 e. The van der Waals surface area contributed by atoms with Crippen molar-refractivity contribution in [3.05, 3.63) is 29.7 Å². The van der Waals surface area contributed by atoms with Crippen LogP contribution in [-0.2, 0) is 0 Å². The molecule has 0 radical (unpaired) electrons. The van der Waals surface area contributed by atoms with E-state index in [9.17, 15) is 0 Å².